The van der Waals surface area contributed by atoms with E-state index in [1.165, 1.54) is 17.5 Å². The van der Waals surface area contributed by atoms with Crippen LogP contribution in [0.4, 0.5) is 5.69 Å². The summed E-state index contributed by atoms with van der Waals surface area (Å²) in [6.07, 6.45) is 0. The van der Waals surface area contributed by atoms with E-state index in [1.807, 2.05) is 53.7 Å². The van der Waals surface area contributed by atoms with Gasteiger partial charge in [-0.1, -0.05) is 47.5 Å². The Morgan fingerprint density at radius 3 is 2.40 bits per heavy atom. The molecule has 0 unspecified atom stereocenters. The van der Waals surface area contributed by atoms with E-state index in [2.05, 4.69) is 36.5 Å². The van der Waals surface area contributed by atoms with E-state index in [1.54, 1.807) is 7.11 Å². The number of anilines is 1. The van der Waals surface area contributed by atoms with Gasteiger partial charge in [0.25, 0.3) is 0 Å². The Bertz CT molecular complexity index is 991. The second-order valence-corrected chi connectivity index (χ2v) is 8.45. The molecule has 0 radical (unpaired) electrons. The summed E-state index contributed by atoms with van der Waals surface area (Å²) in [6.45, 7) is 4.69. The highest BCUT2D eigenvalue weighted by atomic mass is 35.5. The zero-order valence-corrected chi connectivity index (χ0v) is 18.9. The first-order chi connectivity index (χ1) is 14.5. The van der Waals surface area contributed by atoms with Crippen molar-refractivity contribution in [3.8, 4) is 5.75 Å². The maximum atomic E-state index is 12.7. The topological polar surface area (TPSA) is 41.6 Å². The van der Waals surface area contributed by atoms with Gasteiger partial charge in [0.1, 0.15) is 12.3 Å². The van der Waals surface area contributed by atoms with Crippen LogP contribution in [0.3, 0.4) is 0 Å². The van der Waals surface area contributed by atoms with Crippen molar-refractivity contribution in [2.75, 3.05) is 18.0 Å². The third-order valence-electron chi connectivity index (χ3n) is 4.68. The molecule has 0 spiro atoms. The maximum Gasteiger partial charge on any atom is 0.240 e. The van der Waals surface area contributed by atoms with Gasteiger partial charge in [-0.15, -0.1) is 0 Å². The number of amides is 1. The van der Waals surface area contributed by atoms with Crippen molar-refractivity contribution < 1.29 is 9.53 Å². The van der Waals surface area contributed by atoms with E-state index in [0.717, 1.165) is 27.5 Å². The molecular weight excluding hydrogens is 416 g/mol. The second kappa shape index (κ2) is 10.4. The summed E-state index contributed by atoms with van der Waals surface area (Å²) in [7, 11) is 1.63. The summed E-state index contributed by atoms with van der Waals surface area (Å²) in [4.78, 5) is 13.8. The fourth-order valence-corrected chi connectivity index (χ4v) is 4.05. The molecule has 0 heterocycles. The average Bonchev–Trinajstić information content (AvgIpc) is 2.75. The summed E-state index contributed by atoms with van der Waals surface area (Å²) in [5, 5.41) is 3.68. The first kappa shape index (κ1) is 22.1. The summed E-state index contributed by atoms with van der Waals surface area (Å²) >= 11 is 7.86. The normalized spacial score (nSPS) is 10.5. The molecule has 1 N–H and O–H groups in total. The van der Waals surface area contributed by atoms with Gasteiger partial charge < -0.3 is 14.4 Å². The zero-order valence-electron chi connectivity index (χ0n) is 17.3. The van der Waals surface area contributed by atoms with Crippen molar-refractivity contribution in [3.63, 3.8) is 0 Å². The van der Waals surface area contributed by atoms with Gasteiger partial charge in [0.15, 0.2) is 0 Å². The lowest BCUT2D eigenvalue weighted by Crippen LogP contribution is -2.33. The lowest BCUT2D eigenvalue weighted by Gasteiger charge is -2.25. The number of hydrogen-bond donors (Lipinski definition) is 1. The summed E-state index contributed by atoms with van der Waals surface area (Å²) in [5.74, 6) is 0.729. The highest BCUT2D eigenvalue weighted by Crippen LogP contribution is 2.34. The van der Waals surface area contributed by atoms with Crippen LogP contribution in [-0.4, -0.2) is 19.6 Å². The Morgan fingerprint density at radius 2 is 1.73 bits per heavy atom. The number of halogens is 1. The van der Waals surface area contributed by atoms with E-state index in [9.17, 15) is 4.79 Å². The van der Waals surface area contributed by atoms with E-state index < -0.39 is 0 Å². The summed E-state index contributed by atoms with van der Waals surface area (Å²) in [5.41, 5.74) is 4.08. The van der Waals surface area contributed by atoms with E-state index in [-0.39, 0.29) is 12.5 Å². The van der Waals surface area contributed by atoms with Crippen LogP contribution in [0, 0.1) is 13.8 Å². The number of methoxy groups -OCH3 is 1. The fraction of sp³-hybridized carbons (Fsp3) is 0.208. The van der Waals surface area contributed by atoms with Crippen LogP contribution < -0.4 is 14.4 Å². The van der Waals surface area contributed by atoms with Crippen LogP contribution in [0.25, 0.3) is 0 Å². The molecule has 0 saturated carbocycles. The van der Waals surface area contributed by atoms with Crippen molar-refractivity contribution in [2.24, 2.45) is 0 Å². The van der Waals surface area contributed by atoms with Crippen LogP contribution in [0.1, 0.15) is 16.7 Å². The van der Waals surface area contributed by atoms with Crippen molar-refractivity contribution >= 4 is 35.1 Å². The predicted octanol–water partition coefficient (Wildman–Crippen LogP) is 5.80. The molecule has 0 aromatic heterocycles. The molecule has 30 heavy (non-hydrogen) atoms. The second-order valence-electron chi connectivity index (χ2n) is 6.95. The number of carbonyl (C=O) groups excluding carboxylic acids is 1. The molecule has 3 rings (SSSR count). The van der Waals surface area contributed by atoms with Crippen LogP contribution in [0.5, 0.6) is 5.75 Å². The molecule has 0 aliphatic rings. The average molecular weight is 441 g/mol. The van der Waals surface area contributed by atoms with Gasteiger partial charge in [0.2, 0.25) is 5.91 Å². The molecule has 3 aromatic carbocycles. The Morgan fingerprint density at radius 1 is 1.03 bits per heavy atom. The van der Waals surface area contributed by atoms with Gasteiger partial charge >= 0.3 is 0 Å². The molecule has 4 nitrogen and oxygen atoms in total. The minimum Gasteiger partial charge on any atom is -0.497 e. The van der Waals surface area contributed by atoms with Crippen molar-refractivity contribution in [1.29, 1.82) is 0 Å². The van der Waals surface area contributed by atoms with Crippen molar-refractivity contribution in [3.05, 3.63) is 88.4 Å². The largest absolute Gasteiger partial charge is 0.497 e. The fourth-order valence-electron chi connectivity index (χ4n) is 2.89. The lowest BCUT2D eigenvalue weighted by molar-refractivity contribution is -0.119. The number of aryl methyl sites for hydroxylation is 1. The molecule has 0 aliphatic heterocycles. The number of nitrogens with one attached hydrogen (secondary N) is 1. The molecule has 0 aliphatic carbocycles. The Balaban J connectivity index is 1.72. The highest BCUT2D eigenvalue weighted by molar-refractivity contribution is 8.00. The number of rotatable bonds is 8. The zero-order chi connectivity index (χ0) is 21.5. The van der Waals surface area contributed by atoms with E-state index in [4.69, 9.17) is 16.3 Å². The van der Waals surface area contributed by atoms with Gasteiger partial charge in [-0.25, -0.2) is 0 Å². The van der Waals surface area contributed by atoms with Gasteiger partial charge in [-0.2, -0.15) is 0 Å². The molecular formula is C24H25ClN2O2S. The first-order valence-corrected chi connectivity index (χ1v) is 10.8. The number of ether oxygens (including phenoxy) is 1. The third-order valence-corrected chi connectivity index (χ3v) is 6.12. The number of nitrogens with zero attached hydrogens (tertiary/aromatic N) is 1. The van der Waals surface area contributed by atoms with Crippen molar-refractivity contribution in [2.45, 2.75) is 25.3 Å². The molecule has 0 bridgehead atoms. The molecule has 1 amide bonds. The lowest BCUT2D eigenvalue weighted by atomic mass is 10.2. The number of benzene rings is 3. The Kier molecular flexibility index (Phi) is 7.66. The van der Waals surface area contributed by atoms with Gasteiger partial charge in [-0.3, -0.25) is 4.79 Å². The molecule has 156 valence electrons. The quantitative estimate of drug-likeness (QED) is 0.450. The SMILES string of the molecule is COc1ccc(CNC(=O)CN(Sc2ccc(C)cc2)c2cccc(Cl)c2C)cc1. The predicted molar refractivity (Wildman–Crippen MR) is 125 cm³/mol. The third kappa shape index (κ3) is 5.94. The van der Waals surface area contributed by atoms with Crippen molar-refractivity contribution in [1.82, 2.24) is 5.32 Å². The number of carbonyl (C=O) groups is 1. The summed E-state index contributed by atoms with van der Waals surface area (Å²) in [6, 6.07) is 21.7. The smallest absolute Gasteiger partial charge is 0.240 e. The highest BCUT2D eigenvalue weighted by Gasteiger charge is 2.17. The van der Waals surface area contributed by atoms with Crippen LogP contribution in [-0.2, 0) is 11.3 Å². The molecule has 0 atom stereocenters. The Labute approximate surface area is 187 Å². The van der Waals surface area contributed by atoms with Crippen LogP contribution in [0.15, 0.2) is 71.6 Å². The van der Waals surface area contributed by atoms with Crippen LogP contribution in [0.2, 0.25) is 5.02 Å². The van der Waals surface area contributed by atoms with Gasteiger partial charge in [0, 0.05) is 16.5 Å². The molecule has 0 fully saturated rings. The van der Waals surface area contributed by atoms with E-state index in [0.29, 0.717) is 11.6 Å². The molecule has 6 heteroatoms. The van der Waals surface area contributed by atoms with Gasteiger partial charge in [-0.05, 0) is 73.3 Å². The maximum absolute atomic E-state index is 12.7. The minimum absolute atomic E-state index is 0.0650. The first-order valence-electron chi connectivity index (χ1n) is 9.63. The summed E-state index contributed by atoms with van der Waals surface area (Å²) < 4.78 is 7.15. The monoisotopic (exact) mass is 440 g/mol. The van der Waals surface area contributed by atoms with Crippen LogP contribution >= 0.6 is 23.5 Å². The minimum atomic E-state index is -0.0650. The standard InChI is InChI=1S/C24H25ClN2O2S/c1-17-7-13-21(14-8-17)30-27(23-6-4-5-22(25)18(23)2)16-24(28)26-15-19-9-11-20(29-3)12-10-19/h4-14H,15-16H2,1-3H3,(H,26,28). The number of hydrogen-bond acceptors (Lipinski definition) is 4. The van der Waals surface area contributed by atoms with E-state index >= 15 is 0 Å². The molecule has 0 saturated heterocycles. The Hall–Kier alpha value is -2.63. The molecule has 3 aromatic rings. The van der Waals surface area contributed by atoms with Gasteiger partial charge in [0.05, 0.1) is 12.8 Å².